The molecule has 0 amide bonds. The van der Waals surface area contributed by atoms with Crippen LogP contribution < -0.4 is 20.1 Å². The van der Waals surface area contributed by atoms with Crippen LogP contribution in [0.3, 0.4) is 0 Å². The van der Waals surface area contributed by atoms with Crippen molar-refractivity contribution in [1.29, 1.82) is 0 Å². The molecule has 1 aliphatic heterocycles. The molecule has 0 atom stereocenters. The number of hydrogen-bond donors (Lipinski definition) is 2. The maximum atomic E-state index is 5.82. The first-order chi connectivity index (χ1) is 14.3. The zero-order valence-corrected chi connectivity index (χ0v) is 17.2. The Morgan fingerprint density at radius 3 is 2.76 bits per heavy atom. The summed E-state index contributed by atoms with van der Waals surface area (Å²) in [5.41, 5.74) is 1.45. The summed E-state index contributed by atoms with van der Waals surface area (Å²) in [5.74, 6) is 2.59. The van der Waals surface area contributed by atoms with Crippen LogP contribution in [0.1, 0.15) is 37.7 Å². The van der Waals surface area contributed by atoms with Crippen molar-refractivity contribution in [2.24, 2.45) is 4.99 Å². The van der Waals surface area contributed by atoms with E-state index in [1.807, 2.05) is 30.2 Å². The standard InChI is InChI=1S/C22H31N5O2/c1-23-21(24-10-4-12-27-13-5-11-26-27)25-17-22(8-2-3-9-22)18-6-7-19-20(16-18)29-15-14-28-19/h5-7,11,13,16H,2-4,8-10,12,14-15,17H2,1H3,(H2,23,24,25). The highest BCUT2D eigenvalue weighted by Crippen LogP contribution is 2.43. The van der Waals surface area contributed by atoms with Gasteiger partial charge >= 0.3 is 0 Å². The molecule has 0 bridgehead atoms. The van der Waals surface area contributed by atoms with Gasteiger partial charge in [-0.1, -0.05) is 18.9 Å². The topological polar surface area (TPSA) is 72.7 Å². The molecule has 2 N–H and O–H groups in total. The van der Waals surface area contributed by atoms with Crippen LogP contribution >= 0.6 is 0 Å². The highest BCUT2D eigenvalue weighted by molar-refractivity contribution is 5.79. The van der Waals surface area contributed by atoms with Crippen LogP contribution in [0.15, 0.2) is 41.7 Å². The molecule has 1 aromatic carbocycles. The van der Waals surface area contributed by atoms with E-state index >= 15 is 0 Å². The van der Waals surface area contributed by atoms with Crippen molar-refractivity contribution >= 4 is 5.96 Å². The van der Waals surface area contributed by atoms with Crippen LogP contribution in [0.5, 0.6) is 11.5 Å². The van der Waals surface area contributed by atoms with Crippen molar-refractivity contribution in [1.82, 2.24) is 20.4 Å². The lowest BCUT2D eigenvalue weighted by Gasteiger charge is -2.32. The molecule has 1 aliphatic carbocycles. The molecule has 7 heteroatoms. The van der Waals surface area contributed by atoms with E-state index in [2.05, 4.69) is 38.9 Å². The largest absolute Gasteiger partial charge is 0.486 e. The molecule has 2 aliphatic rings. The highest BCUT2D eigenvalue weighted by atomic mass is 16.6. The van der Waals surface area contributed by atoms with E-state index in [0.717, 1.165) is 43.5 Å². The van der Waals surface area contributed by atoms with Crippen LogP contribution in [0.2, 0.25) is 0 Å². The van der Waals surface area contributed by atoms with Gasteiger partial charge in [-0.05, 0) is 43.0 Å². The van der Waals surface area contributed by atoms with Crippen molar-refractivity contribution in [2.75, 3.05) is 33.4 Å². The van der Waals surface area contributed by atoms with E-state index in [1.165, 1.54) is 31.2 Å². The van der Waals surface area contributed by atoms with Gasteiger partial charge in [0.2, 0.25) is 0 Å². The summed E-state index contributed by atoms with van der Waals surface area (Å²) in [6, 6.07) is 8.40. The van der Waals surface area contributed by atoms with Crippen molar-refractivity contribution < 1.29 is 9.47 Å². The normalized spacial score (nSPS) is 17.9. The monoisotopic (exact) mass is 397 g/mol. The summed E-state index contributed by atoms with van der Waals surface area (Å²) in [7, 11) is 1.83. The molecule has 0 spiro atoms. The van der Waals surface area contributed by atoms with E-state index in [-0.39, 0.29) is 5.41 Å². The van der Waals surface area contributed by atoms with Gasteiger partial charge in [-0.3, -0.25) is 9.67 Å². The number of guanidine groups is 1. The fourth-order valence-corrected chi connectivity index (χ4v) is 4.35. The average Bonchev–Trinajstić information content (AvgIpc) is 3.46. The number of aryl methyl sites for hydroxylation is 1. The summed E-state index contributed by atoms with van der Waals surface area (Å²) in [6.07, 6.45) is 9.66. The molecule has 2 aromatic rings. The minimum absolute atomic E-state index is 0.114. The molecule has 0 unspecified atom stereocenters. The van der Waals surface area contributed by atoms with E-state index in [1.54, 1.807) is 0 Å². The van der Waals surface area contributed by atoms with Gasteiger partial charge in [0.05, 0.1) is 0 Å². The summed E-state index contributed by atoms with van der Waals surface area (Å²) in [6.45, 7) is 3.87. The first-order valence-electron chi connectivity index (χ1n) is 10.6. The van der Waals surface area contributed by atoms with Crippen molar-refractivity contribution in [3.8, 4) is 11.5 Å². The zero-order chi connectivity index (χ0) is 19.9. The van der Waals surface area contributed by atoms with Crippen LogP contribution in [0.25, 0.3) is 0 Å². The number of aromatic nitrogens is 2. The Kier molecular flexibility index (Phi) is 6.22. The quantitative estimate of drug-likeness (QED) is 0.427. The summed E-state index contributed by atoms with van der Waals surface area (Å²) in [5, 5.41) is 11.2. The Labute approximate surface area is 172 Å². The van der Waals surface area contributed by atoms with Crippen molar-refractivity contribution in [2.45, 2.75) is 44.1 Å². The maximum Gasteiger partial charge on any atom is 0.191 e. The van der Waals surface area contributed by atoms with Crippen molar-refractivity contribution in [3.05, 3.63) is 42.2 Å². The molecule has 1 aromatic heterocycles. The van der Waals surface area contributed by atoms with Crippen LogP contribution in [-0.2, 0) is 12.0 Å². The maximum absolute atomic E-state index is 5.82. The molecule has 1 saturated carbocycles. The average molecular weight is 398 g/mol. The van der Waals surface area contributed by atoms with Gasteiger partial charge in [0, 0.05) is 44.5 Å². The molecule has 0 saturated heterocycles. The molecule has 29 heavy (non-hydrogen) atoms. The summed E-state index contributed by atoms with van der Waals surface area (Å²) >= 11 is 0. The minimum atomic E-state index is 0.114. The highest BCUT2D eigenvalue weighted by Gasteiger charge is 2.36. The number of fused-ring (bicyclic) bond motifs is 1. The second-order valence-corrected chi connectivity index (χ2v) is 7.82. The second-order valence-electron chi connectivity index (χ2n) is 7.82. The number of aliphatic imine (C=N–C) groups is 1. The number of nitrogens with one attached hydrogen (secondary N) is 2. The van der Waals surface area contributed by atoms with Gasteiger partial charge in [-0.25, -0.2) is 0 Å². The molecule has 4 rings (SSSR count). The summed E-state index contributed by atoms with van der Waals surface area (Å²) < 4.78 is 13.5. The lowest BCUT2D eigenvalue weighted by Crippen LogP contribution is -2.45. The number of ether oxygens (including phenoxy) is 2. The molecule has 7 nitrogen and oxygen atoms in total. The lowest BCUT2D eigenvalue weighted by atomic mass is 9.78. The number of hydrogen-bond acceptors (Lipinski definition) is 4. The van der Waals surface area contributed by atoms with E-state index in [0.29, 0.717) is 13.2 Å². The first-order valence-corrected chi connectivity index (χ1v) is 10.6. The Bertz CT molecular complexity index is 813. The van der Waals surface area contributed by atoms with Gasteiger partial charge in [-0.2, -0.15) is 5.10 Å². The van der Waals surface area contributed by atoms with E-state index in [4.69, 9.17) is 9.47 Å². The zero-order valence-electron chi connectivity index (χ0n) is 17.2. The number of benzene rings is 1. The Balaban J connectivity index is 1.35. The number of rotatable bonds is 7. The summed E-state index contributed by atoms with van der Waals surface area (Å²) in [4.78, 5) is 4.41. The van der Waals surface area contributed by atoms with Crippen LogP contribution in [-0.4, -0.2) is 49.1 Å². The third-order valence-corrected chi connectivity index (χ3v) is 5.95. The Morgan fingerprint density at radius 2 is 2.00 bits per heavy atom. The SMILES string of the molecule is CN=C(NCCCn1cccn1)NCC1(c2ccc3c(c2)OCCO3)CCCC1. The second kappa shape index (κ2) is 9.20. The lowest BCUT2D eigenvalue weighted by molar-refractivity contribution is 0.171. The molecule has 156 valence electrons. The Morgan fingerprint density at radius 1 is 1.17 bits per heavy atom. The van der Waals surface area contributed by atoms with Gasteiger partial charge in [0.15, 0.2) is 17.5 Å². The molecular formula is C22H31N5O2. The minimum Gasteiger partial charge on any atom is -0.486 e. The third-order valence-electron chi connectivity index (χ3n) is 5.95. The van der Waals surface area contributed by atoms with Gasteiger partial charge in [0.25, 0.3) is 0 Å². The Hall–Kier alpha value is -2.70. The van der Waals surface area contributed by atoms with Crippen LogP contribution in [0.4, 0.5) is 0 Å². The molecular weight excluding hydrogens is 366 g/mol. The fraction of sp³-hybridized carbons (Fsp3) is 0.545. The molecule has 1 fully saturated rings. The third kappa shape index (κ3) is 4.66. The van der Waals surface area contributed by atoms with E-state index < -0.39 is 0 Å². The first kappa shape index (κ1) is 19.6. The predicted octanol–water partition coefficient (Wildman–Crippen LogP) is 2.72. The smallest absolute Gasteiger partial charge is 0.191 e. The fourth-order valence-electron chi connectivity index (χ4n) is 4.35. The molecule has 0 radical (unpaired) electrons. The van der Waals surface area contributed by atoms with Crippen LogP contribution in [0, 0.1) is 0 Å². The van der Waals surface area contributed by atoms with E-state index in [9.17, 15) is 0 Å². The van der Waals surface area contributed by atoms with Gasteiger partial charge in [-0.15, -0.1) is 0 Å². The van der Waals surface area contributed by atoms with Gasteiger partial charge in [0.1, 0.15) is 13.2 Å². The predicted molar refractivity (Wildman–Crippen MR) is 114 cm³/mol. The number of nitrogens with zero attached hydrogens (tertiary/aromatic N) is 3. The molecule has 2 heterocycles. The van der Waals surface area contributed by atoms with Gasteiger partial charge < -0.3 is 20.1 Å². The van der Waals surface area contributed by atoms with Crippen molar-refractivity contribution in [3.63, 3.8) is 0 Å².